The number of carbonyl (C=O) groups excluding carboxylic acids is 3. The first-order chi connectivity index (χ1) is 16.0. The highest BCUT2D eigenvalue weighted by atomic mass is 16.7. The Morgan fingerprint density at radius 2 is 1.73 bits per heavy atom. The highest BCUT2D eigenvalue weighted by Crippen LogP contribution is 2.38. The van der Waals surface area contributed by atoms with E-state index in [9.17, 15) is 14.4 Å². The molecule has 0 bridgehead atoms. The molecule has 0 spiro atoms. The number of nitrogens with one attached hydrogen (secondary N) is 2. The number of nitrogens with zero attached hydrogens (tertiary/aromatic N) is 1. The van der Waals surface area contributed by atoms with E-state index in [0.717, 1.165) is 16.0 Å². The number of rotatable bonds is 5. The monoisotopic (exact) mass is 443 g/mol. The van der Waals surface area contributed by atoms with Crippen LogP contribution < -0.4 is 20.1 Å². The zero-order valence-electron chi connectivity index (χ0n) is 17.8. The van der Waals surface area contributed by atoms with Crippen molar-refractivity contribution in [3.05, 3.63) is 78.4 Å². The van der Waals surface area contributed by atoms with Crippen LogP contribution in [0.1, 0.15) is 12.5 Å². The van der Waals surface area contributed by atoms with Crippen molar-refractivity contribution in [3.63, 3.8) is 0 Å². The summed E-state index contributed by atoms with van der Waals surface area (Å²) in [5.41, 5.74) is 1.61. The predicted molar refractivity (Wildman–Crippen MR) is 121 cm³/mol. The number of anilines is 1. The van der Waals surface area contributed by atoms with Crippen LogP contribution in [0.5, 0.6) is 11.5 Å². The zero-order valence-corrected chi connectivity index (χ0v) is 17.8. The second-order valence-electron chi connectivity index (χ2n) is 7.97. The second kappa shape index (κ2) is 7.98. The Kier molecular flexibility index (Phi) is 4.97. The average molecular weight is 443 g/mol. The molecule has 0 saturated carbocycles. The Labute approximate surface area is 190 Å². The Morgan fingerprint density at radius 1 is 1.00 bits per heavy atom. The number of hydrogen-bond donors (Lipinski definition) is 2. The summed E-state index contributed by atoms with van der Waals surface area (Å²) in [7, 11) is 0. The molecule has 166 valence electrons. The molecule has 0 radical (unpaired) electrons. The standard InChI is InChI=1S/C25H21N3O5/c1-25(17-11-12-20-21(13-17)33-15-32-20)23(30)28(24(31)27-25)14-22(29)26-19-10-6-5-9-18(19)16-7-3-2-4-8-16/h2-13H,14-15H2,1H3,(H,26,29)(H,27,31)/t25-/m0/s1. The van der Waals surface area contributed by atoms with Crippen LogP contribution in [0.2, 0.25) is 0 Å². The van der Waals surface area contributed by atoms with E-state index in [1.807, 2.05) is 48.5 Å². The fourth-order valence-corrected chi connectivity index (χ4v) is 4.04. The fraction of sp³-hybridized carbons (Fsp3) is 0.160. The lowest BCUT2D eigenvalue weighted by molar-refractivity contribution is -0.133. The molecule has 1 atom stereocenters. The zero-order chi connectivity index (χ0) is 23.0. The van der Waals surface area contributed by atoms with Gasteiger partial charge in [-0.15, -0.1) is 0 Å². The molecule has 1 fully saturated rings. The van der Waals surface area contributed by atoms with Gasteiger partial charge in [0.15, 0.2) is 11.5 Å². The van der Waals surface area contributed by atoms with Gasteiger partial charge in [0.2, 0.25) is 12.7 Å². The molecule has 2 N–H and O–H groups in total. The van der Waals surface area contributed by atoms with Crippen LogP contribution in [-0.2, 0) is 15.1 Å². The number of imide groups is 1. The maximum absolute atomic E-state index is 13.2. The molecule has 4 amide bonds. The minimum atomic E-state index is -1.32. The molecule has 2 aliphatic rings. The van der Waals surface area contributed by atoms with Crippen LogP contribution in [0.15, 0.2) is 72.8 Å². The van der Waals surface area contributed by atoms with Crippen molar-refractivity contribution in [2.24, 2.45) is 0 Å². The first-order valence-electron chi connectivity index (χ1n) is 10.4. The lowest BCUT2D eigenvalue weighted by Crippen LogP contribution is -2.42. The Hall–Kier alpha value is -4.33. The minimum absolute atomic E-state index is 0.104. The molecule has 2 heterocycles. The molecule has 1 saturated heterocycles. The summed E-state index contributed by atoms with van der Waals surface area (Å²) >= 11 is 0. The van der Waals surface area contributed by atoms with E-state index in [4.69, 9.17) is 9.47 Å². The van der Waals surface area contributed by atoms with Gasteiger partial charge in [0, 0.05) is 11.3 Å². The minimum Gasteiger partial charge on any atom is -0.454 e. The summed E-state index contributed by atoms with van der Waals surface area (Å²) in [4.78, 5) is 39.6. The van der Waals surface area contributed by atoms with E-state index in [0.29, 0.717) is 22.7 Å². The molecule has 0 aliphatic carbocycles. The van der Waals surface area contributed by atoms with Crippen molar-refractivity contribution in [3.8, 4) is 22.6 Å². The van der Waals surface area contributed by atoms with E-state index >= 15 is 0 Å². The van der Waals surface area contributed by atoms with Crippen LogP contribution >= 0.6 is 0 Å². The first-order valence-corrected chi connectivity index (χ1v) is 10.4. The lowest BCUT2D eigenvalue weighted by atomic mass is 9.91. The molecular formula is C25H21N3O5. The van der Waals surface area contributed by atoms with E-state index in [2.05, 4.69) is 10.6 Å². The van der Waals surface area contributed by atoms with Gasteiger partial charge in [-0.25, -0.2) is 4.79 Å². The van der Waals surface area contributed by atoms with Gasteiger partial charge < -0.3 is 20.1 Å². The van der Waals surface area contributed by atoms with Crippen LogP contribution in [-0.4, -0.2) is 36.1 Å². The molecule has 0 aromatic heterocycles. The normalized spacial score (nSPS) is 18.9. The highest BCUT2D eigenvalue weighted by molar-refractivity contribution is 6.10. The van der Waals surface area contributed by atoms with Crippen LogP contribution in [0.4, 0.5) is 10.5 Å². The summed E-state index contributed by atoms with van der Waals surface area (Å²) in [6.45, 7) is 1.30. The number of para-hydroxylation sites is 1. The predicted octanol–water partition coefficient (Wildman–Crippen LogP) is 3.49. The van der Waals surface area contributed by atoms with Gasteiger partial charge >= 0.3 is 6.03 Å². The van der Waals surface area contributed by atoms with Gasteiger partial charge in [-0.05, 0) is 36.2 Å². The first kappa shape index (κ1) is 20.6. The summed E-state index contributed by atoms with van der Waals surface area (Å²) < 4.78 is 10.7. The Morgan fingerprint density at radius 3 is 2.55 bits per heavy atom. The molecule has 5 rings (SSSR count). The summed E-state index contributed by atoms with van der Waals surface area (Å²) in [5.74, 6) is 0.0894. The maximum atomic E-state index is 13.2. The van der Waals surface area contributed by atoms with Gasteiger partial charge in [0.25, 0.3) is 5.91 Å². The molecule has 8 heteroatoms. The Bertz CT molecular complexity index is 1260. The molecule has 2 aliphatic heterocycles. The van der Waals surface area contributed by atoms with Crippen LogP contribution in [0, 0.1) is 0 Å². The largest absolute Gasteiger partial charge is 0.454 e. The van der Waals surface area contributed by atoms with Crippen molar-refractivity contribution < 1.29 is 23.9 Å². The molecule has 3 aromatic rings. The number of hydrogen-bond acceptors (Lipinski definition) is 5. The fourth-order valence-electron chi connectivity index (χ4n) is 4.04. The summed E-state index contributed by atoms with van der Waals surface area (Å²) in [6, 6.07) is 21.4. The molecular weight excluding hydrogens is 422 g/mol. The van der Waals surface area contributed by atoms with E-state index < -0.39 is 29.9 Å². The third-order valence-corrected chi connectivity index (χ3v) is 5.81. The lowest BCUT2D eigenvalue weighted by Gasteiger charge is -2.22. The molecule has 0 unspecified atom stereocenters. The van der Waals surface area contributed by atoms with Crippen molar-refractivity contribution in [2.75, 3.05) is 18.7 Å². The number of fused-ring (bicyclic) bond motifs is 1. The second-order valence-corrected chi connectivity index (χ2v) is 7.97. The molecule has 8 nitrogen and oxygen atoms in total. The van der Waals surface area contributed by atoms with Gasteiger partial charge in [0.05, 0.1) is 0 Å². The summed E-state index contributed by atoms with van der Waals surface area (Å²) in [6.07, 6.45) is 0. The number of benzene rings is 3. The average Bonchev–Trinajstić information content (AvgIpc) is 3.38. The topological polar surface area (TPSA) is 97.0 Å². The van der Waals surface area contributed by atoms with Crippen molar-refractivity contribution in [1.82, 2.24) is 10.2 Å². The number of carbonyl (C=O) groups is 3. The van der Waals surface area contributed by atoms with E-state index in [1.54, 1.807) is 31.2 Å². The van der Waals surface area contributed by atoms with Crippen molar-refractivity contribution in [1.29, 1.82) is 0 Å². The number of urea groups is 1. The van der Waals surface area contributed by atoms with Crippen LogP contribution in [0.3, 0.4) is 0 Å². The molecule has 33 heavy (non-hydrogen) atoms. The van der Waals surface area contributed by atoms with Gasteiger partial charge in [0.1, 0.15) is 12.1 Å². The third-order valence-electron chi connectivity index (χ3n) is 5.81. The van der Waals surface area contributed by atoms with E-state index in [-0.39, 0.29) is 6.79 Å². The van der Waals surface area contributed by atoms with Crippen molar-refractivity contribution >= 4 is 23.5 Å². The quantitative estimate of drug-likeness (QED) is 0.589. The highest BCUT2D eigenvalue weighted by Gasteiger charge is 2.49. The van der Waals surface area contributed by atoms with Gasteiger partial charge in [-0.3, -0.25) is 14.5 Å². The smallest absolute Gasteiger partial charge is 0.325 e. The SMILES string of the molecule is C[C@@]1(c2ccc3c(c2)OCO3)NC(=O)N(CC(=O)Nc2ccccc2-c2ccccc2)C1=O. The van der Waals surface area contributed by atoms with Crippen LogP contribution in [0.25, 0.3) is 11.1 Å². The van der Waals surface area contributed by atoms with E-state index in [1.165, 1.54) is 0 Å². The third kappa shape index (κ3) is 3.65. The molecule has 3 aromatic carbocycles. The summed E-state index contributed by atoms with van der Waals surface area (Å²) in [5, 5.41) is 5.53. The van der Waals surface area contributed by atoms with Gasteiger partial charge in [-0.2, -0.15) is 0 Å². The maximum Gasteiger partial charge on any atom is 0.325 e. The number of ether oxygens (including phenoxy) is 2. The Balaban J connectivity index is 1.34. The number of amides is 4. The van der Waals surface area contributed by atoms with Crippen molar-refractivity contribution in [2.45, 2.75) is 12.5 Å². The van der Waals surface area contributed by atoms with Gasteiger partial charge in [-0.1, -0.05) is 54.6 Å².